The van der Waals surface area contributed by atoms with Gasteiger partial charge < -0.3 is 24.3 Å². The summed E-state index contributed by atoms with van der Waals surface area (Å²) in [6, 6.07) is 10.9. The average Bonchev–Trinajstić information content (AvgIpc) is 2.78. The first-order valence-corrected chi connectivity index (χ1v) is 10.3. The molecule has 2 aliphatic heterocycles. The number of anilines is 1. The van der Waals surface area contributed by atoms with Crippen molar-refractivity contribution in [3.63, 3.8) is 0 Å². The van der Waals surface area contributed by atoms with Crippen LogP contribution in [0.25, 0.3) is 0 Å². The summed E-state index contributed by atoms with van der Waals surface area (Å²) in [5.41, 5.74) is 3.79. The van der Waals surface area contributed by atoms with E-state index >= 15 is 0 Å². The summed E-state index contributed by atoms with van der Waals surface area (Å²) >= 11 is 5.71. The molecule has 2 aromatic carbocycles. The van der Waals surface area contributed by atoms with Gasteiger partial charge in [-0.3, -0.25) is 4.90 Å². The minimum absolute atomic E-state index is 0.423. The molecule has 0 spiro atoms. The number of nitrogens with zero attached hydrogens (tertiary/aromatic N) is 1. The molecule has 8 heteroatoms. The molecular formula is C23H24N2O5S. The van der Waals surface area contributed by atoms with Crippen LogP contribution in [0.1, 0.15) is 24.1 Å². The van der Waals surface area contributed by atoms with E-state index in [0.29, 0.717) is 41.1 Å². The highest BCUT2D eigenvalue weighted by atomic mass is 32.1. The molecule has 2 heterocycles. The number of allylic oxidation sites excluding steroid dienone is 1. The van der Waals surface area contributed by atoms with Crippen molar-refractivity contribution in [1.82, 2.24) is 5.32 Å². The van der Waals surface area contributed by atoms with Gasteiger partial charge in [-0.25, -0.2) is 4.79 Å². The number of methoxy groups -OCH3 is 2. The molecule has 0 fully saturated rings. The fourth-order valence-corrected chi connectivity index (χ4v) is 4.29. The normalized spacial score (nSPS) is 17.9. The first-order chi connectivity index (χ1) is 14.9. The smallest absolute Gasteiger partial charge is 0.337 e. The Labute approximate surface area is 186 Å². The van der Waals surface area contributed by atoms with Crippen molar-refractivity contribution in [3.05, 3.63) is 58.8 Å². The van der Waals surface area contributed by atoms with E-state index in [0.717, 1.165) is 22.6 Å². The molecule has 0 amide bonds. The van der Waals surface area contributed by atoms with Crippen molar-refractivity contribution in [2.75, 3.05) is 32.3 Å². The topological polar surface area (TPSA) is 69.3 Å². The Morgan fingerprint density at radius 3 is 2.52 bits per heavy atom. The lowest BCUT2D eigenvalue weighted by Crippen LogP contribution is -2.48. The van der Waals surface area contributed by atoms with Crippen LogP contribution in [0.5, 0.6) is 17.2 Å². The van der Waals surface area contributed by atoms with Crippen molar-refractivity contribution < 1.29 is 23.7 Å². The molecule has 4 rings (SSSR count). The minimum Gasteiger partial charge on any atom is -0.496 e. The van der Waals surface area contributed by atoms with Crippen LogP contribution in [-0.2, 0) is 9.53 Å². The monoisotopic (exact) mass is 440 g/mol. The van der Waals surface area contributed by atoms with Crippen molar-refractivity contribution >= 4 is 29.0 Å². The van der Waals surface area contributed by atoms with E-state index in [1.165, 1.54) is 7.11 Å². The van der Waals surface area contributed by atoms with E-state index < -0.39 is 12.0 Å². The van der Waals surface area contributed by atoms with Crippen molar-refractivity contribution in [3.8, 4) is 17.2 Å². The number of carbonyl (C=O) groups is 1. The molecule has 0 aromatic heterocycles. The Kier molecular flexibility index (Phi) is 5.73. The van der Waals surface area contributed by atoms with Crippen LogP contribution in [0.3, 0.4) is 0 Å². The number of esters is 1. The summed E-state index contributed by atoms with van der Waals surface area (Å²) < 4.78 is 21.8. The molecular weight excluding hydrogens is 416 g/mol. The fraction of sp³-hybridized carbons (Fsp3) is 0.304. The molecule has 0 aliphatic carbocycles. The lowest BCUT2D eigenvalue weighted by Gasteiger charge is -2.37. The number of thiocarbonyl (C=S) groups is 1. The maximum atomic E-state index is 12.8. The largest absolute Gasteiger partial charge is 0.496 e. The molecule has 2 aromatic rings. The third-order valence-electron chi connectivity index (χ3n) is 5.43. The average molecular weight is 441 g/mol. The molecule has 31 heavy (non-hydrogen) atoms. The third kappa shape index (κ3) is 3.79. The molecule has 1 N–H and O–H groups in total. The molecule has 0 saturated heterocycles. The molecule has 1 unspecified atom stereocenters. The second-order valence-electron chi connectivity index (χ2n) is 7.27. The van der Waals surface area contributed by atoms with Gasteiger partial charge in [-0.2, -0.15) is 0 Å². The minimum atomic E-state index is -0.446. The third-order valence-corrected chi connectivity index (χ3v) is 5.73. The van der Waals surface area contributed by atoms with Gasteiger partial charge in [-0.05, 0) is 61.5 Å². The number of aryl methyl sites for hydroxylation is 1. The fourth-order valence-electron chi connectivity index (χ4n) is 3.93. The predicted octanol–water partition coefficient (Wildman–Crippen LogP) is 3.66. The number of nitrogens with one attached hydrogen (secondary N) is 1. The summed E-state index contributed by atoms with van der Waals surface area (Å²) in [7, 11) is 3.01. The second-order valence-corrected chi connectivity index (χ2v) is 7.65. The van der Waals surface area contributed by atoms with E-state index in [-0.39, 0.29) is 0 Å². The number of carbonyl (C=O) groups excluding carboxylic acids is 1. The molecule has 1 atom stereocenters. The second kappa shape index (κ2) is 8.47. The van der Waals surface area contributed by atoms with E-state index in [4.69, 9.17) is 31.2 Å². The van der Waals surface area contributed by atoms with Crippen LogP contribution in [0.2, 0.25) is 0 Å². The summed E-state index contributed by atoms with van der Waals surface area (Å²) in [6.45, 7) is 4.82. The van der Waals surface area contributed by atoms with E-state index in [1.807, 2.05) is 55.1 Å². The highest BCUT2D eigenvalue weighted by Crippen LogP contribution is 2.39. The summed E-state index contributed by atoms with van der Waals surface area (Å²) in [5, 5.41) is 3.78. The van der Waals surface area contributed by atoms with Gasteiger partial charge in [0.05, 0.1) is 31.5 Å². The number of hydrogen-bond donors (Lipinski definition) is 1. The molecule has 0 saturated carbocycles. The zero-order valence-corrected chi connectivity index (χ0v) is 18.7. The van der Waals surface area contributed by atoms with Crippen LogP contribution in [-0.4, -0.2) is 38.5 Å². The van der Waals surface area contributed by atoms with Crippen LogP contribution in [0.4, 0.5) is 5.69 Å². The zero-order valence-electron chi connectivity index (χ0n) is 17.9. The molecule has 7 nitrogen and oxygen atoms in total. The standard InChI is InChI=1S/C23H24N2O5S/c1-13-11-15(5-7-17(13)27-3)21-20(22(26)28-4)14(2)25(23(31)24-21)16-6-8-18-19(12-16)30-10-9-29-18/h5-8,11-12,21H,9-10H2,1-4H3,(H,24,31). The van der Waals surface area contributed by atoms with E-state index in [1.54, 1.807) is 7.11 Å². The summed E-state index contributed by atoms with van der Waals surface area (Å²) in [6.07, 6.45) is 0. The Bertz CT molecular complexity index is 1080. The highest BCUT2D eigenvalue weighted by molar-refractivity contribution is 7.80. The van der Waals surface area contributed by atoms with Crippen LogP contribution < -0.4 is 24.4 Å². The lowest BCUT2D eigenvalue weighted by molar-refractivity contribution is -0.136. The van der Waals surface area contributed by atoms with Crippen molar-refractivity contribution in [2.24, 2.45) is 0 Å². The van der Waals surface area contributed by atoms with E-state index in [2.05, 4.69) is 5.32 Å². The Morgan fingerprint density at radius 2 is 1.84 bits per heavy atom. The van der Waals surface area contributed by atoms with Crippen LogP contribution in [0, 0.1) is 6.92 Å². The lowest BCUT2D eigenvalue weighted by atomic mass is 9.93. The molecule has 162 valence electrons. The van der Waals surface area contributed by atoms with Gasteiger partial charge in [0.25, 0.3) is 0 Å². The maximum absolute atomic E-state index is 12.8. The summed E-state index contributed by atoms with van der Waals surface area (Å²) in [5.74, 6) is 1.69. The zero-order chi connectivity index (χ0) is 22.1. The Balaban J connectivity index is 1.79. The highest BCUT2D eigenvalue weighted by Gasteiger charge is 2.35. The van der Waals surface area contributed by atoms with Gasteiger partial charge in [-0.1, -0.05) is 6.07 Å². The maximum Gasteiger partial charge on any atom is 0.337 e. The van der Waals surface area contributed by atoms with Crippen molar-refractivity contribution in [2.45, 2.75) is 19.9 Å². The summed E-state index contributed by atoms with van der Waals surface area (Å²) in [4.78, 5) is 14.6. The van der Waals surface area contributed by atoms with Gasteiger partial charge >= 0.3 is 5.97 Å². The van der Waals surface area contributed by atoms with Crippen molar-refractivity contribution in [1.29, 1.82) is 0 Å². The molecule has 2 aliphatic rings. The van der Waals surface area contributed by atoms with Crippen LogP contribution >= 0.6 is 12.2 Å². The number of rotatable bonds is 4. The van der Waals surface area contributed by atoms with Gasteiger partial charge in [0.15, 0.2) is 16.6 Å². The van der Waals surface area contributed by atoms with Gasteiger partial charge in [0, 0.05) is 11.8 Å². The SMILES string of the molecule is COC(=O)C1=C(C)N(c2ccc3c(c2)OCCO3)C(=S)NC1c1ccc(OC)c(C)c1. The predicted molar refractivity (Wildman–Crippen MR) is 121 cm³/mol. The molecule has 0 bridgehead atoms. The van der Waals surface area contributed by atoms with Gasteiger partial charge in [0.2, 0.25) is 0 Å². The first-order valence-electron chi connectivity index (χ1n) is 9.88. The number of ether oxygens (including phenoxy) is 4. The number of hydrogen-bond acceptors (Lipinski definition) is 6. The molecule has 0 radical (unpaired) electrons. The van der Waals surface area contributed by atoms with Gasteiger partial charge in [-0.15, -0.1) is 0 Å². The van der Waals surface area contributed by atoms with E-state index in [9.17, 15) is 4.79 Å². The number of fused-ring (bicyclic) bond motifs is 1. The quantitative estimate of drug-likeness (QED) is 0.571. The van der Waals surface area contributed by atoms with Gasteiger partial charge in [0.1, 0.15) is 19.0 Å². The first kappa shape index (κ1) is 21.0. The van der Waals surface area contributed by atoms with Crippen LogP contribution in [0.15, 0.2) is 47.7 Å². The Morgan fingerprint density at radius 1 is 1.10 bits per heavy atom. The number of benzene rings is 2. The Hall–Kier alpha value is -3.26.